The molecule has 2 aromatic carbocycles. The molecule has 0 unspecified atom stereocenters. The highest BCUT2D eigenvalue weighted by atomic mass is 16.6. The van der Waals surface area contributed by atoms with Crippen molar-refractivity contribution in [2.75, 3.05) is 19.8 Å². The monoisotopic (exact) mass is 437 g/mol. The lowest BCUT2D eigenvalue weighted by Gasteiger charge is -2.28. The predicted octanol–water partition coefficient (Wildman–Crippen LogP) is 2.05. The lowest BCUT2D eigenvalue weighted by atomic mass is 9.84. The number of ether oxygens (including phenoxy) is 2. The van der Waals surface area contributed by atoms with Gasteiger partial charge < -0.3 is 14.8 Å². The first-order valence-electron chi connectivity index (χ1n) is 10.7. The van der Waals surface area contributed by atoms with E-state index in [2.05, 4.69) is 5.32 Å². The zero-order valence-electron chi connectivity index (χ0n) is 18.5. The van der Waals surface area contributed by atoms with E-state index in [0.717, 1.165) is 15.9 Å². The Hall–Kier alpha value is -3.55. The number of para-hydroxylation sites is 1. The molecule has 0 bridgehead atoms. The second-order valence-corrected chi connectivity index (χ2v) is 8.45. The standard InChI is InChI=1S/C24H27N3O5/c1-4-26-22(29)17-7-5-6-8-18(17)27(23(26)30)14-21(28)25-15-24(2,3)16-9-10-19-20(13-16)32-12-11-31-19/h5-10,13H,4,11-12,14-15H2,1-3H3,(H,25,28). The van der Waals surface area contributed by atoms with Gasteiger partial charge in [-0.1, -0.05) is 32.0 Å². The van der Waals surface area contributed by atoms with E-state index in [1.54, 1.807) is 31.2 Å². The van der Waals surface area contributed by atoms with E-state index < -0.39 is 5.69 Å². The molecule has 8 heteroatoms. The van der Waals surface area contributed by atoms with Crippen molar-refractivity contribution >= 4 is 16.8 Å². The molecule has 0 aliphatic carbocycles. The summed E-state index contributed by atoms with van der Waals surface area (Å²) in [5.41, 5.74) is 0.250. The van der Waals surface area contributed by atoms with E-state index in [-0.39, 0.29) is 30.0 Å². The summed E-state index contributed by atoms with van der Waals surface area (Å²) in [6, 6.07) is 12.6. The molecule has 168 valence electrons. The van der Waals surface area contributed by atoms with Crippen LogP contribution < -0.4 is 26.0 Å². The Balaban J connectivity index is 1.54. The summed E-state index contributed by atoms with van der Waals surface area (Å²) in [6.45, 7) is 7.26. The number of nitrogens with one attached hydrogen (secondary N) is 1. The summed E-state index contributed by atoms with van der Waals surface area (Å²) >= 11 is 0. The Labute approximate surface area is 185 Å². The summed E-state index contributed by atoms with van der Waals surface area (Å²) in [6.07, 6.45) is 0. The van der Waals surface area contributed by atoms with Gasteiger partial charge in [-0.05, 0) is 36.8 Å². The van der Waals surface area contributed by atoms with E-state index in [0.29, 0.717) is 36.4 Å². The number of carbonyl (C=O) groups excluding carboxylic acids is 1. The number of amides is 1. The number of benzene rings is 2. The third-order valence-corrected chi connectivity index (χ3v) is 5.80. The first kappa shape index (κ1) is 21.7. The van der Waals surface area contributed by atoms with Gasteiger partial charge in [0.1, 0.15) is 19.8 Å². The van der Waals surface area contributed by atoms with Crippen LogP contribution in [0.15, 0.2) is 52.1 Å². The van der Waals surface area contributed by atoms with Crippen molar-refractivity contribution in [2.24, 2.45) is 0 Å². The van der Waals surface area contributed by atoms with Crippen LogP contribution >= 0.6 is 0 Å². The first-order valence-corrected chi connectivity index (χ1v) is 10.7. The van der Waals surface area contributed by atoms with Crippen LogP contribution in [-0.4, -0.2) is 34.8 Å². The number of nitrogens with zero attached hydrogens (tertiary/aromatic N) is 2. The Morgan fingerprint density at radius 3 is 2.50 bits per heavy atom. The molecule has 8 nitrogen and oxygen atoms in total. The molecule has 4 rings (SSSR count). The molecule has 1 aliphatic rings. The van der Waals surface area contributed by atoms with E-state index in [1.165, 1.54) is 4.57 Å². The van der Waals surface area contributed by atoms with Gasteiger partial charge in [0, 0.05) is 18.5 Å². The minimum atomic E-state index is -0.488. The molecule has 0 fully saturated rings. The van der Waals surface area contributed by atoms with E-state index in [9.17, 15) is 14.4 Å². The van der Waals surface area contributed by atoms with Gasteiger partial charge in [0.2, 0.25) is 5.91 Å². The van der Waals surface area contributed by atoms with Crippen molar-refractivity contribution < 1.29 is 14.3 Å². The topological polar surface area (TPSA) is 91.6 Å². The number of aromatic nitrogens is 2. The average Bonchev–Trinajstić information content (AvgIpc) is 2.80. The number of carbonyl (C=O) groups is 1. The summed E-state index contributed by atoms with van der Waals surface area (Å²) in [5.74, 6) is 1.12. The number of hydrogen-bond acceptors (Lipinski definition) is 5. The van der Waals surface area contributed by atoms with Crippen LogP contribution in [0.2, 0.25) is 0 Å². The summed E-state index contributed by atoms with van der Waals surface area (Å²) in [5, 5.41) is 3.35. The number of fused-ring (bicyclic) bond motifs is 2. The molecule has 32 heavy (non-hydrogen) atoms. The minimum absolute atomic E-state index is 0.170. The summed E-state index contributed by atoms with van der Waals surface area (Å²) < 4.78 is 13.8. The predicted molar refractivity (Wildman–Crippen MR) is 122 cm³/mol. The van der Waals surface area contributed by atoms with Crippen LogP contribution in [0.3, 0.4) is 0 Å². The number of rotatable bonds is 6. The molecule has 1 amide bonds. The van der Waals surface area contributed by atoms with Gasteiger partial charge in [-0.2, -0.15) is 0 Å². The highest BCUT2D eigenvalue weighted by Gasteiger charge is 2.24. The molecule has 0 spiro atoms. The van der Waals surface area contributed by atoms with Gasteiger partial charge in [0.25, 0.3) is 5.56 Å². The van der Waals surface area contributed by atoms with Gasteiger partial charge in [-0.3, -0.25) is 18.7 Å². The van der Waals surface area contributed by atoms with E-state index >= 15 is 0 Å². The van der Waals surface area contributed by atoms with Gasteiger partial charge in [0.15, 0.2) is 11.5 Å². The maximum atomic E-state index is 12.8. The van der Waals surface area contributed by atoms with Crippen molar-refractivity contribution in [3.05, 3.63) is 68.9 Å². The van der Waals surface area contributed by atoms with Crippen molar-refractivity contribution in [3.8, 4) is 11.5 Å². The van der Waals surface area contributed by atoms with Gasteiger partial charge >= 0.3 is 5.69 Å². The Morgan fingerprint density at radius 2 is 1.75 bits per heavy atom. The van der Waals surface area contributed by atoms with E-state index in [4.69, 9.17) is 9.47 Å². The second kappa shape index (κ2) is 8.53. The van der Waals surface area contributed by atoms with Crippen molar-refractivity contribution in [1.82, 2.24) is 14.5 Å². The maximum absolute atomic E-state index is 12.8. The molecular formula is C24H27N3O5. The van der Waals surface area contributed by atoms with Crippen molar-refractivity contribution in [3.63, 3.8) is 0 Å². The fourth-order valence-electron chi connectivity index (χ4n) is 3.89. The second-order valence-electron chi connectivity index (χ2n) is 8.45. The van der Waals surface area contributed by atoms with Crippen LogP contribution in [0.4, 0.5) is 0 Å². The zero-order valence-corrected chi connectivity index (χ0v) is 18.5. The van der Waals surface area contributed by atoms with Crippen LogP contribution in [0.1, 0.15) is 26.3 Å². The summed E-state index contributed by atoms with van der Waals surface area (Å²) in [4.78, 5) is 38.2. The van der Waals surface area contributed by atoms with Gasteiger partial charge in [-0.25, -0.2) is 4.79 Å². The van der Waals surface area contributed by atoms with Crippen LogP contribution in [-0.2, 0) is 23.3 Å². The van der Waals surface area contributed by atoms with Crippen LogP contribution in [0.25, 0.3) is 10.9 Å². The van der Waals surface area contributed by atoms with E-state index in [1.807, 2.05) is 32.0 Å². The third kappa shape index (κ3) is 4.00. The fraction of sp³-hybridized carbons (Fsp3) is 0.375. The Bertz CT molecular complexity index is 1290. The highest BCUT2D eigenvalue weighted by molar-refractivity contribution is 5.81. The Morgan fingerprint density at radius 1 is 1.03 bits per heavy atom. The minimum Gasteiger partial charge on any atom is -0.486 e. The molecule has 0 radical (unpaired) electrons. The number of hydrogen-bond donors (Lipinski definition) is 1. The van der Waals surface area contributed by atoms with Gasteiger partial charge in [0.05, 0.1) is 10.9 Å². The third-order valence-electron chi connectivity index (χ3n) is 5.80. The maximum Gasteiger partial charge on any atom is 0.331 e. The summed E-state index contributed by atoms with van der Waals surface area (Å²) in [7, 11) is 0. The molecule has 3 aromatic rings. The molecule has 2 heterocycles. The highest BCUT2D eigenvalue weighted by Crippen LogP contribution is 2.34. The zero-order chi connectivity index (χ0) is 22.9. The smallest absolute Gasteiger partial charge is 0.331 e. The largest absolute Gasteiger partial charge is 0.486 e. The molecule has 1 aliphatic heterocycles. The molecule has 0 atom stereocenters. The fourth-order valence-corrected chi connectivity index (χ4v) is 3.89. The van der Waals surface area contributed by atoms with Crippen molar-refractivity contribution in [2.45, 2.75) is 39.3 Å². The van der Waals surface area contributed by atoms with Gasteiger partial charge in [-0.15, -0.1) is 0 Å². The molecule has 0 saturated carbocycles. The first-order chi connectivity index (χ1) is 15.3. The SMILES string of the molecule is CCn1c(=O)c2ccccc2n(CC(=O)NCC(C)(C)c2ccc3c(c2)OCCO3)c1=O. The van der Waals surface area contributed by atoms with Crippen LogP contribution in [0, 0.1) is 0 Å². The molecule has 0 saturated heterocycles. The Kier molecular flexibility index (Phi) is 5.78. The average molecular weight is 437 g/mol. The molecular weight excluding hydrogens is 410 g/mol. The molecule has 1 aromatic heterocycles. The quantitative estimate of drug-likeness (QED) is 0.637. The van der Waals surface area contributed by atoms with Crippen molar-refractivity contribution in [1.29, 1.82) is 0 Å². The normalized spacial score (nSPS) is 13.2. The van der Waals surface area contributed by atoms with Crippen LogP contribution in [0.5, 0.6) is 11.5 Å². The molecule has 1 N–H and O–H groups in total. The lowest BCUT2D eigenvalue weighted by molar-refractivity contribution is -0.121. The lowest BCUT2D eigenvalue weighted by Crippen LogP contribution is -2.44.